The van der Waals surface area contributed by atoms with Crippen LogP contribution in [-0.2, 0) is 14.3 Å². The molecule has 2 amide bonds. The molecule has 0 saturated heterocycles. The fraction of sp³-hybridized carbons (Fsp3) is 0.909. The third-order valence-electron chi connectivity index (χ3n) is 4.53. The van der Waals surface area contributed by atoms with E-state index in [0.29, 0.717) is 19.6 Å². The Labute approximate surface area is 173 Å². The molecule has 0 saturated carbocycles. The molecule has 0 unspecified atom stereocenters. The quantitative estimate of drug-likeness (QED) is 0.221. The van der Waals surface area contributed by atoms with Gasteiger partial charge in [0.25, 0.3) is 0 Å². The summed E-state index contributed by atoms with van der Waals surface area (Å²) in [5, 5.41) is 0. The van der Waals surface area contributed by atoms with Gasteiger partial charge in [0.1, 0.15) is 6.61 Å². The molecular formula is C22H46N2O4. The van der Waals surface area contributed by atoms with Gasteiger partial charge in [-0.1, -0.05) is 96.8 Å². The van der Waals surface area contributed by atoms with E-state index in [2.05, 4.69) is 18.4 Å². The Kier molecular flexibility index (Phi) is 26.5. The lowest BCUT2D eigenvalue weighted by Crippen LogP contribution is -2.18. The van der Waals surface area contributed by atoms with Crippen molar-refractivity contribution in [2.75, 3.05) is 20.3 Å². The van der Waals surface area contributed by atoms with Gasteiger partial charge in [-0.2, -0.15) is 0 Å². The summed E-state index contributed by atoms with van der Waals surface area (Å²) in [5.74, 6) is -0.0817. The van der Waals surface area contributed by atoms with Crippen LogP contribution in [0.25, 0.3) is 0 Å². The van der Waals surface area contributed by atoms with E-state index >= 15 is 0 Å². The Balaban J connectivity index is 0. The minimum absolute atomic E-state index is 0.0817. The first-order chi connectivity index (χ1) is 13.5. The number of hydrogen-bond acceptors (Lipinski definition) is 4. The van der Waals surface area contributed by atoms with Crippen LogP contribution in [0.5, 0.6) is 0 Å². The first-order valence-electron chi connectivity index (χ1n) is 11.2. The molecule has 0 rings (SSSR count). The van der Waals surface area contributed by atoms with Crippen LogP contribution in [0.3, 0.4) is 0 Å². The number of urea groups is 1. The second kappa shape index (κ2) is 25.7. The Morgan fingerprint density at radius 2 is 1.00 bits per heavy atom. The SMILES string of the molecule is CCCCCCCCCCCCCCCCCC(=O)OCCOC.NC(N)=O. The molecule has 28 heavy (non-hydrogen) atoms. The zero-order chi connectivity index (χ0) is 21.3. The monoisotopic (exact) mass is 402 g/mol. The van der Waals surface area contributed by atoms with E-state index in [0.717, 1.165) is 12.8 Å². The number of methoxy groups -OCH3 is 1. The number of hydrogen-bond donors (Lipinski definition) is 2. The average molecular weight is 403 g/mol. The van der Waals surface area contributed by atoms with Crippen LogP contribution in [-0.4, -0.2) is 32.3 Å². The van der Waals surface area contributed by atoms with E-state index in [-0.39, 0.29) is 5.97 Å². The molecule has 0 aliphatic rings. The molecule has 0 spiro atoms. The summed E-state index contributed by atoms with van der Waals surface area (Å²) in [7, 11) is 1.61. The lowest BCUT2D eigenvalue weighted by Gasteiger charge is -2.04. The van der Waals surface area contributed by atoms with Gasteiger partial charge in [0.2, 0.25) is 0 Å². The summed E-state index contributed by atoms with van der Waals surface area (Å²) in [6, 6.07) is -0.833. The fourth-order valence-corrected chi connectivity index (χ4v) is 2.95. The van der Waals surface area contributed by atoms with E-state index in [9.17, 15) is 4.79 Å². The smallest absolute Gasteiger partial charge is 0.309 e. The van der Waals surface area contributed by atoms with Gasteiger partial charge in [-0.25, -0.2) is 4.79 Å². The van der Waals surface area contributed by atoms with E-state index in [1.54, 1.807) is 7.11 Å². The molecule has 0 radical (unpaired) electrons. The van der Waals surface area contributed by atoms with Gasteiger partial charge in [-0.15, -0.1) is 0 Å². The molecule has 168 valence electrons. The third-order valence-corrected chi connectivity index (χ3v) is 4.53. The maximum atomic E-state index is 11.4. The van der Waals surface area contributed by atoms with Crippen molar-refractivity contribution < 1.29 is 19.1 Å². The molecule has 0 aliphatic heterocycles. The predicted octanol–water partition coefficient (Wildman–Crippen LogP) is 5.46. The minimum atomic E-state index is -0.833. The molecule has 0 fully saturated rings. The van der Waals surface area contributed by atoms with Gasteiger partial charge in [-0.3, -0.25) is 4.79 Å². The molecule has 6 heteroatoms. The second-order valence-electron chi connectivity index (χ2n) is 7.32. The summed E-state index contributed by atoms with van der Waals surface area (Å²) < 4.78 is 9.88. The summed E-state index contributed by atoms with van der Waals surface area (Å²) in [6.45, 7) is 3.15. The van der Waals surface area contributed by atoms with Crippen LogP contribution in [0.15, 0.2) is 0 Å². The van der Waals surface area contributed by atoms with Gasteiger partial charge in [0.15, 0.2) is 0 Å². The predicted molar refractivity (Wildman–Crippen MR) is 116 cm³/mol. The molecule has 6 nitrogen and oxygen atoms in total. The molecule has 0 aromatic rings. The maximum Gasteiger partial charge on any atom is 0.309 e. The Morgan fingerprint density at radius 3 is 1.36 bits per heavy atom. The van der Waals surface area contributed by atoms with E-state index in [1.165, 1.54) is 83.5 Å². The lowest BCUT2D eigenvalue weighted by molar-refractivity contribution is -0.145. The van der Waals surface area contributed by atoms with Crippen LogP contribution >= 0.6 is 0 Å². The minimum Gasteiger partial charge on any atom is -0.463 e. The van der Waals surface area contributed by atoms with Crippen molar-refractivity contribution >= 4 is 12.0 Å². The number of carbonyl (C=O) groups excluding carboxylic acids is 2. The van der Waals surface area contributed by atoms with E-state index in [1.807, 2.05) is 0 Å². The normalized spacial score (nSPS) is 10.2. The number of unbranched alkanes of at least 4 members (excludes halogenated alkanes) is 14. The van der Waals surface area contributed by atoms with E-state index < -0.39 is 6.03 Å². The molecule has 4 N–H and O–H groups in total. The number of primary amides is 2. The van der Waals surface area contributed by atoms with Crippen molar-refractivity contribution in [1.82, 2.24) is 0 Å². The van der Waals surface area contributed by atoms with Crippen molar-refractivity contribution in [3.63, 3.8) is 0 Å². The molecule has 0 aromatic heterocycles. The second-order valence-corrected chi connectivity index (χ2v) is 7.32. The Morgan fingerprint density at radius 1 is 0.643 bits per heavy atom. The van der Waals surface area contributed by atoms with Crippen molar-refractivity contribution in [3.05, 3.63) is 0 Å². The molecule has 0 atom stereocenters. The molecule has 0 aliphatic carbocycles. The first kappa shape index (κ1) is 28.9. The number of amides is 2. The van der Waals surface area contributed by atoms with Crippen LogP contribution in [0, 0.1) is 0 Å². The molecule has 0 aromatic carbocycles. The van der Waals surface area contributed by atoms with Crippen LogP contribution in [0.4, 0.5) is 4.79 Å². The highest BCUT2D eigenvalue weighted by Crippen LogP contribution is 2.13. The Bertz CT molecular complexity index is 334. The number of rotatable bonds is 19. The van der Waals surface area contributed by atoms with Crippen molar-refractivity contribution in [2.24, 2.45) is 11.5 Å². The highest BCUT2D eigenvalue weighted by molar-refractivity contribution is 5.69. The topological polar surface area (TPSA) is 105 Å². The third kappa shape index (κ3) is 32.4. The fourth-order valence-electron chi connectivity index (χ4n) is 2.95. The van der Waals surface area contributed by atoms with Crippen molar-refractivity contribution in [2.45, 2.75) is 110 Å². The van der Waals surface area contributed by atoms with Crippen LogP contribution in [0.2, 0.25) is 0 Å². The van der Waals surface area contributed by atoms with Gasteiger partial charge < -0.3 is 20.9 Å². The first-order valence-corrected chi connectivity index (χ1v) is 11.2. The van der Waals surface area contributed by atoms with Crippen molar-refractivity contribution in [1.29, 1.82) is 0 Å². The number of carbonyl (C=O) groups is 2. The number of ether oxygens (including phenoxy) is 2. The molecule has 0 bridgehead atoms. The summed E-state index contributed by atoms with van der Waals surface area (Å²) >= 11 is 0. The average Bonchev–Trinajstić information content (AvgIpc) is 2.64. The van der Waals surface area contributed by atoms with Gasteiger partial charge in [0, 0.05) is 13.5 Å². The lowest BCUT2D eigenvalue weighted by atomic mass is 10.0. The highest BCUT2D eigenvalue weighted by Gasteiger charge is 2.02. The number of esters is 1. The van der Waals surface area contributed by atoms with Gasteiger partial charge in [0.05, 0.1) is 6.61 Å². The zero-order valence-corrected chi connectivity index (χ0v) is 18.5. The maximum absolute atomic E-state index is 11.4. The van der Waals surface area contributed by atoms with Gasteiger partial charge >= 0.3 is 12.0 Å². The molecular weight excluding hydrogens is 356 g/mol. The zero-order valence-electron chi connectivity index (χ0n) is 18.5. The largest absolute Gasteiger partial charge is 0.463 e. The van der Waals surface area contributed by atoms with Crippen molar-refractivity contribution in [3.8, 4) is 0 Å². The van der Waals surface area contributed by atoms with E-state index in [4.69, 9.17) is 14.3 Å². The Hall–Kier alpha value is -1.30. The number of nitrogens with two attached hydrogens (primary N) is 2. The van der Waals surface area contributed by atoms with Crippen LogP contribution in [0.1, 0.15) is 110 Å². The standard InChI is InChI=1S/C21H42O3.CH4N2O/c1-3-4-5-6-7-8-9-10-11-12-13-14-15-16-17-18-21(22)24-20-19-23-2;2-1(3)4/h3-20H2,1-2H3;(H4,2,3,4). The summed E-state index contributed by atoms with van der Waals surface area (Å²) in [4.78, 5) is 20.4. The van der Waals surface area contributed by atoms with Gasteiger partial charge in [-0.05, 0) is 6.42 Å². The summed E-state index contributed by atoms with van der Waals surface area (Å²) in [5.41, 5.74) is 8.50. The highest BCUT2D eigenvalue weighted by atomic mass is 16.6. The molecule has 0 heterocycles. The summed E-state index contributed by atoms with van der Waals surface area (Å²) in [6.07, 6.45) is 20.7. The van der Waals surface area contributed by atoms with Crippen LogP contribution < -0.4 is 11.5 Å².